The molecule has 0 saturated carbocycles. The van der Waals surface area contributed by atoms with E-state index in [9.17, 15) is 9.59 Å². The van der Waals surface area contributed by atoms with Crippen molar-refractivity contribution in [3.05, 3.63) is 90.0 Å². The normalized spacial score (nSPS) is 10.1. The van der Waals surface area contributed by atoms with Gasteiger partial charge in [0.25, 0.3) is 0 Å². The van der Waals surface area contributed by atoms with Crippen molar-refractivity contribution in [2.45, 2.75) is 19.6 Å². The molecule has 0 unspecified atom stereocenters. The quantitative estimate of drug-likeness (QED) is 0.241. The zero-order valence-electron chi connectivity index (χ0n) is 15.2. The van der Waals surface area contributed by atoms with Crippen LogP contribution >= 0.6 is 0 Å². The fourth-order valence-electron chi connectivity index (χ4n) is 2.50. The summed E-state index contributed by atoms with van der Waals surface area (Å²) in [5.74, 6) is 0.662. The van der Waals surface area contributed by atoms with Crippen LogP contribution in [-0.2, 0) is 22.8 Å². The second-order valence-electron chi connectivity index (χ2n) is 6.00. The molecule has 5 heteroatoms. The summed E-state index contributed by atoms with van der Waals surface area (Å²) in [5.41, 5.74) is 2.03. The van der Waals surface area contributed by atoms with E-state index >= 15 is 0 Å². The molecule has 0 heterocycles. The van der Waals surface area contributed by atoms with Gasteiger partial charge >= 0.3 is 5.97 Å². The van der Waals surface area contributed by atoms with Crippen molar-refractivity contribution in [1.29, 1.82) is 0 Å². The van der Waals surface area contributed by atoms with E-state index in [1.54, 1.807) is 18.2 Å². The third-order valence-corrected chi connectivity index (χ3v) is 3.87. The van der Waals surface area contributed by atoms with Crippen molar-refractivity contribution in [2.75, 3.05) is 0 Å². The van der Waals surface area contributed by atoms with E-state index in [2.05, 4.69) is 0 Å². The lowest BCUT2D eigenvalue weighted by Crippen LogP contribution is -2.08. The van der Waals surface area contributed by atoms with Gasteiger partial charge < -0.3 is 19.0 Å². The predicted molar refractivity (Wildman–Crippen MR) is 104 cm³/mol. The van der Waals surface area contributed by atoms with E-state index in [1.165, 1.54) is 0 Å². The number of carbonyl (C=O) groups is 2. The fraction of sp³-hybridized carbons (Fsp3) is 0.130. The van der Waals surface area contributed by atoms with E-state index < -0.39 is 5.97 Å². The van der Waals surface area contributed by atoms with Gasteiger partial charge in [-0.05, 0) is 23.3 Å². The smallest absolute Gasteiger partial charge is 0.318 e. The third-order valence-electron chi connectivity index (χ3n) is 3.87. The molecule has 28 heavy (non-hydrogen) atoms. The highest BCUT2D eigenvalue weighted by molar-refractivity contribution is 5.85. The molecule has 3 aromatic rings. The first-order chi connectivity index (χ1) is 13.7. The molecule has 3 aromatic carbocycles. The van der Waals surface area contributed by atoms with E-state index in [4.69, 9.17) is 14.2 Å². The molecule has 0 aliphatic heterocycles. The summed E-state index contributed by atoms with van der Waals surface area (Å²) in [7, 11) is 0. The van der Waals surface area contributed by atoms with Gasteiger partial charge in [-0.3, -0.25) is 4.79 Å². The van der Waals surface area contributed by atoms with Crippen molar-refractivity contribution < 1.29 is 23.8 Å². The molecule has 0 atom stereocenters. The number of rotatable bonds is 9. The molecule has 0 bridgehead atoms. The molecule has 142 valence electrons. The third kappa shape index (κ3) is 5.71. The SMILES string of the molecule is O=CCC(=O)Oc1ccc(OCc2ccccc2)c(OCc2ccccc2)c1. The molecular weight excluding hydrogens is 356 g/mol. The molecule has 0 fully saturated rings. The van der Waals surface area contributed by atoms with Gasteiger partial charge in [-0.25, -0.2) is 0 Å². The Bertz CT molecular complexity index is 907. The molecule has 0 aromatic heterocycles. The van der Waals surface area contributed by atoms with E-state index in [0.717, 1.165) is 11.1 Å². The molecular formula is C23H20O5. The van der Waals surface area contributed by atoms with Gasteiger partial charge in [0.1, 0.15) is 31.7 Å². The summed E-state index contributed by atoms with van der Waals surface area (Å²) in [4.78, 5) is 22.0. The molecule has 0 radical (unpaired) electrons. The highest BCUT2D eigenvalue weighted by Gasteiger charge is 2.11. The summed E-state index contributed by atoms with van der Waals surface area (Å²) < 4.78 is 17.0. The van der Waals surface area contributed by atoms with Gasteiger partial charge in [-0.15, -0.1) is 0 Å². The minimum absolute atomic E-state index is 0.293. The van der Waals surface area contributed by atoms with Crippen LogP contribution in [0.25, 0.3) is 0 Å². The van der Waals surface area contributed by atoms with Crippen LogP contribution < -0.4 is 14.2 Å². The Morgan fingerprint density at radius 2 is 1.32 bits per heavy atom. The summed E-state index contributed by atoms with van der Waals surface area (Å²) in [6.45, 7) is 0.723. The second-order valence-corrected chi connectivity index (χ2v) is 6.00. The number of aldehydes is 1. The molecule has 0 spiro atoms. The van der Waals surface area contributed by atoms with E-state index in [-0.39, 0.29) is 6.42 Å². The van der Waals surface area contributed by atoms with Gasteiger partial charge in [-0.2, -0.15) is 0 Å². The lowest BCUT2D eigenvalue weighted by atomic mass is 10.2. The van der Waals surface area contributed by atoms with Gasteiger partial charge in [0.15, 0.2) is 11.5 Å². The van der Waals surface area contributed by atoms with Crippen LogP contribution in [0.15, 0.2) is 78.9 Å². The number of ether oxygens (including phenoxy) is 3. The van der Waals surface area contributed by atoms with Crippen molar-refractivity contribution in [3.63, 3.8) is 0 Å². The number of benzene rings is 3. The average Bonchev–Trinajstić information content (AvgIpc) is 2.73. The molecule has 0 aliphatic carbocycles. The lowest BCUT2D eigenvalue weighted by molar-refractivity contribution is -0.135. The second kappa shape index (κ2) is 9.92. The molecule has 3 rings (SSSR count). The Kier molecular flexibility index (Phi) is 6.79. The first-order valence-corrected chi connectivity index (χ1v) is 8.86. The number of hydrogen-bond acceptors (Lipinski definition) is 5. The minimum Gasteiger partial charge on any atom is -0.485 e. The highest BCUT2D eigenvalue weighted by atomic mass is 16.5. The zero-order chi connectivity index (χ0) is 19.6. The van der Waals surface area contributed by atoms with Crippen LogP contribution in [0.2, 0.25) is 0 Å². The van der Waals surface area contributed by atoms with Crippen molar-refractivity contribution >= 4 is 12.3 Å². The van der Waals surface area contributed by atoms with Crippen molar-refractivity contribution in [2.24, 2.45) is 0 Å². The average molecular weight is 376 g/mol. The Labute approximate surface area is 163 Å². The minimum atomic E-state index is -0.623. The van der Waals surface area contributed by atoms with Gasteiger partial charge in [-0.1, -0.05) is 60.7 Å². The summed E-state index contributed by atoms with van der Waals surface area (Å²) in [6, 6.07) is 24.4. The summed E-state index contributed by atoms with van der Waals surface area (Å²) in [6.07, 6.45) is 0.207. The van der Waals surface area contributed by atoms with Gasteiger partial charge in [0, 0.05) is 6.07 Å². The summed E-state index contributed by atoms with van der Waals surface area (Å²) in [5, 5.41) is 0. The Balaban J connectivity index is 1.75. The Morgan fingerprint density at radius 3 is 1.89 bits per heavy atom. The van der Waals surface area contributed by atoms with Crippen LogP contribution in [0, 0.1) is 0 Å². The maximum absolute atomic E-state index is 11.6. The lowest BCUT2D eigenvalue weighted by Gasteiger charge is -2.14. The maximum Gasteiger partial charge on any atom is 0.318 e. The van der Waals surface area contributed by atoms with E-state index in [0.29, 0.717) is 36.7 Å². The van der Waals surface area contributed by atoms with E-state index in [1.807, 2.05) is 60.7 Å². The van der Waals surface area contributed by atoms with Gasteiger partial charge in [0.05, 0.1) is 0 Å². The highest BCUT2D eigenvalue weighted by Crippen LogP contribution is 2.33. The first-order valence-electron chi connectivity index (χ1n) is 8.86. The standard InChI is InChI=1S/C23H20O5/c24-14-13-23(25)28-20-11-12-21(26-16-18-7-3-1-4-8-18)22(15-20)27-17-19-9-5-2-6-10-19/h1-12,14-15H,13,16-17H2. The van der Waals surface area contributed by atoms with Crippen molar-refractivity contribution in [1.82, 2.24) is 0 Å². The number of esters is 1. The van der Waals surface area contributed by atoms with Crippen molar-refractivity contribution in [3.8, 4) is 17.2 Å². The number of carbonyl (C=O) groups excluding carboxylic acids is 2. The van der Waals surface area contributed by atoms with Crippen LogP contribution in [0.5, 0.6) is 17.2 Å². The molecule has 0 N–H and O–H groups in total. The first kappa shape index (κ1) is 19.2. The monoisotopic (exact) mass is 376 g/mol. The van der Waals surface area contributed by atoms with Crippen LogP contribution in [0.4, 0.5) is 0 Å². The summed E-state index contributed by atoms with van der Waals surface area (Å²) >= 11 is 0. The Morgan fingerprint density at radius 1 is 0.750 bits per heavy atom. The molecule has 5 nitrogen and oxygen atoms in total. The number of hydrogen-bond donors (Lipinski definition) is 0. The molecule has 0 aliphatic rings. The maximum atomic E-state index is 11.6. The predicted octanol–water partition coefficient (Wildman–Crippen LogP) is 4.34. The van der Waals surface area contributed by atoms with Crippen LogP contribution in [0.3, 0.4) is 0 Å². The zero-order valence-corrected chi connectivity index (χ0v) is 15.2. The van der Waals surface area contributed by atoms with Crippen LogP contribution in [0.1, 0.15) is 17.5 Å². The van der Waals surface area contributed by atoms with Crippen LogP contribution in [-0.4, -0.2) is 12.3 Å². The van der Waals surface area contributed by atoms with Gasteiger partial charge in [0.2, 0.25) is 0 Å². The largest absolute Gasteiger partial charge is 0.485 e. The molecule has 0 saturated heterocycles. The molecule has 0 amide bonds. The Hall–Kier alpha value is -3.60. The topological polar surface area (TPSA) is 61.8 Å². The fourth-order valence-corrected chi connectivity index (χ4v) is 2.50.